The van der Waals surface area contributed by atoms with Crippen LogP contribution >= 0.6 is 0 Å². The van der Waals surface area contributed by atoms with E-state index in [2.05, 4.69) is 10.1 Å². The second-order valence-corrected chi connectivity index (χ2v) is 4.86. The van der Waals surface area contributed by atoms with Gasteiger partial charge in [0.2, 0.25) is 0 Å². The number of hydrogen-bond donors (Lipinski definition) is 1. The molecule has 0 aromatic heterocycles. The van der Waals surface area contributed by atoms with E-state index < -0.39 is 30.3 Å². The van der Waals surface area contributed by atoms with Crippen LogP contribution in [0.15, 0.2) is 42.5 Å². The van der Waals surface area contributed by atoms with E-state index in [1.807, 2.05) is 0 Å². The Morgan fingerprint density at radius 3 is 2.50 bits per heavy atom. The molecular weight excluding hydrogens is 333 g/mol. The fourth-order valence-corrected chi connectivity index (χ4v) is 1.86. The van der Waals surface area contributed by atoms with E-state index in [0.717, 1.165) is 12.1 Å². The van der Waals surface area contributed by atoms with Crippen molar-refractivity contribution in [1.82, 2.24) is 5.32 Å². The number of halogens is 5. The van der Waals surface area contributed by atoms with Gasteiger partial charge in [-0.05, 0) is 29.8 Å². The molecule has 3 nitrogen and oxygen atoms in total. The molecule has 0 aliphatic carbocycles. The van der Waals surface area contributed by atoms with Gasteiger partial charge in [-0.1, -0.05) is 12.1 Å². The van der Waals surface area contributed by atoms with Crippen LogP contribution in [0.2, 0.25) is 0 Å². The van der Waals surface area contributed by atoms with Crippen LogP contribution in [0.5, 0.6) is 5.75 Å². The molecule has 0 saturated heterocycles. The lowest BCUT2D eigenvalue weighted by atomic mass is 10.1. The third-order valence-electron chi connectivity index (χ3n) is 2.93. The van der Waals surface area contributed by atoms with E-state index in [9.17, 15) is 26.7 Å². The second-order valence-electron chi connectivity index (χ2n) is 4.86. The van der Waals surface area contributed by atoms with Gasteiger partial charge < -0.3 is 10.1 Å². The summed E-state index contributed by atoms with van der Waals surface area (Å²) in [6, 6.07) is 8.23. The molecule has 1 N–H and O–H groups in total. The van der Waals surface area contributed by atoms with E-state index in [-0.39, 0.29) is 17.9 Å². The van der Waals surface area contributed by atoms with E-state index in [1.54, 1.807) is 6.07 Å². The largest absolute Gasteiger partial charge is 0.484 e. The minimum atomic E-state index is -4.45. The van der Waals surface area contributed by atoms with Crippen LogP contribution in [0.4, 0.5) is 22.0 Å². The summed E-state index contributed by atoms with van der Waals surface area (Å²) in [5, 5.41) is 2.40. The molecule has 0 bridgehead atoms. The fourth-order valence-electron chi connectivity index (χ4n) is 1.86. The van der Waals surface area contributed by atoms with Gasteiger partial charge in [0.15, 0.2) is 6.61 Å². The first kappa shape index (κ1) is 17.7. The normalized spacial score (nSPS) is 11.2. The van der Waals surface area contributed by atoms with Crippen molar-refractivity contribution in [2.75, 3.05) is 6.61 Å². The van der Waals surface area contributed by atoms with Crippen LogP contribution in [0.1, 0.15) is 15.9 Å². The molecule has 2 aromatic rings. The van der Waals surface area contributed by atoms with Crippen LogP contribution in [0.25, 0.3) is 0 Å². The Balaban J connectivity index is 1.97. The topological polar surface area (TPSA) is 38.3 Å². The number of amides is 1. The molecule has 2 rings (SSSR count). The molecule has 0 spiro atoms. The van der Waals surface area contributed by atoms with Crippen LogP contribution in [-0.4, -0.2) is 18.7 Å². The number of hydrogen-bond acceptors (Lipinski definition) is 2. The molecule has 128 valence electrons. The Kier molecular flexibility index (Phi) is 5.38. The maximum atomic E-state index is 13.5. The first-order chi connectivity index (χ1) is 11.2. The monoisotopic (exact) mass is 345 g/mol. The van der Waals surface area contributed by atoms with Crippen molar-refractivity contribution in [3.8, 4) is 5.75 Å². The maximum Gasteiger partial charge on any atom is 0.422 e. The van der Waals surface area contributed by atoms with E-state index in [0.29, 0.717) is 11.6 Å². The molecule has 1 amide bonds. The van der Waals surface area contributed by atoms with E-state index >= 15 is 0 Å². The van der Waals surface area contributed by atoms with Crippen LogP contribution < -0.4 is 10.1 Å². The molecular formula is C16H12F5NO2. The van der Waals surface area contributed by atoms with Gasteiger partial charge in [0.25, 0.3) is 5.91 Å². The molecule has 2 aromatic carbocycles. The van der Waals surface area contributed by atoms with Crippen molar-refractivity contribution in [3.05, 3.63) is 65.2 Å². The average molecular weight is 345 g/mol. The Hall–Kier alpha value is -2.64. The highest BCUT2D eigenvalue weighted by molar-refractivity contribution is 5.94. The highest BCUT2D eigenvalue weighted by Gasteiger charge is 2.28. The van der Waals surface area contributed by atoms with Gasteiger partial charge in [-0.2, -0.15) is 13.2 Å². The van der Waals surface area contributed by atoms with Gasteiger partial charge in [-0.3, -0.25) is 4.79 Å². The molecule has 0 aliphatic rings. The van der Waals surface area contributed by atoms with Crippen molar-refractivity contribution in [2.45, 2.75) is 12.7 Å². The smallest absolute Gasteiger partial charge is 0.422 e. The Morgan fingerprint density at radius 2 is 1.83 bits per heavy atom. The summed E-state index contributed by atoms with van der Waals surface area (Å²) in [4.78, 5) is 11.8. The number of ether oxygens (including phenoxy) is 1. The summed E-state index contributed by atoms with van der Waals surface area (Å²) in [6.45, 7) is -1.48. The van der Waals surface area contributed by atoms with Gasteiger partial charge >= 0.3 is 6.18 Å². The number of rotatable bonds is 5. The first-order valence-electron chi connectivity index (χ1n) is 6.76. The summed E-state index contributed by atoms with van der Waals surface area (Å²) in [6.07, 6.45) is -4.45. The second kappa shape index (κ2) is 7.29. The molecule has 0 atom stereocenters. The zero-order valence-corrected chi connectivity index (χ0v) is 12.2. The van der Waals surface area contributed by atoms with Crippen LogP contribution in [-0.2, 0) is 6.54 Å². The third-order valence-corrected chi connectivity index (χ3v) is 2.93. The molecule has 0 aliphatic heterocycles. The molecule has 0 radical (unpaired) electrons. The van der Waals surface area contributed by atoms with Crippen LogP contribution in [0.3, 0.4) is 0 Å². The zero-order valence-electron chi connectivity index (χ0n) is 12.2. The van der Waals surface area contributed by atoms with Crippen molar-refractivity contribution < 1.29 is 31.5 Å². The highest BCUT2D eigenvalue weighted by Crippen LogP contribution is 2.19. The predicted molar refractivity (Wildman–Crippen MR) is 75.5 cm³/mol. The number of nitrogens with one attached hydrogen (secondary N) is 1. The molecule has 0 saturated carbocycles. The lowest BCUT2D eigenvalue weighted by Gasteiger charge is -2.11. The number of carbonyl (C=O) groups excluding carboxylic acids is 1. The van der Waals surface area contributed by atoms with Gasteiger partial charge in [0.05, 0.1) is 5.56 Å². The molecule has 0 unspecified atom stereocenters. The fraction of sp³-hybridized carbons (Fsp3) is 0.188. The van der Waals surface area contributed by atoms with Gasteiger partial charge in [-0.15, -0.1) is 0 Å². The van der Waals surface area contributed by atoms with E-state index in [4.69, 9.17) is 0 Å². The lowest BCUT2D eigenvalue weighted by molar-refractivity contribution is -0.153. The standard InChI is InChI=1S/C16H12F5NO2/c17-11-4-5-13(14(18)7-11)15(23)22-8-10-2-1-3-12(6-10)24-9-16(19,20)21/h1-7H,8-9H2,(H,22,23). The number of carbonyl (C=O) groups is 1. The zero-order chi connectivity index (χ0) is 17.7. The van der Waals surface area contributed by atoms with E-state index in [1.165, 1.54) is 18.2 Å². The van der Waals surface area contributed by atoms with Gasteiger partial charge in [0.1, 0.15) is 17.4 Å². The van der Waals surface area contributed by atoms with Crippen molar-refractivity contribution >= 4 is 5.91 Å². The molecule has 8 heteroatoms. The third kappa shape index (κ3) is 5.22. The Bertz CT molecular complexity index is 731. The van der Waals surface area contributed by atoms with Crippen LogP contribution in [0, 0.1) is 11.6 Å². The van der Waals surface area contributed by atoms with Crippen molar-refractivity contribution in [2.24, 2.45) is 0 Å². The first-order valence-corrected chi connectivity index (χ1v) is 6.76. The van der Waals surface area contributed by atoms with Crippen molar-refractivity contribution in [3.63, 3.8) is 0 Å². The van der Waals surface area contributed by atoms with Crippen molar-refractivity contribution in [1.29, 1.82) is 0 Å². The van der Waals surface area contributed by atoms with Gasteiger partial charge in [0, 0.05) is 12.6 Å². The Labute approximate surface area is 134 Å². The highest BCUT2D eigenvalue weighted by atomic mass is 19.4. The summed E-state index contributed by atoms with van der Waals surface area (Å²) >= 11 is 0. The lowest BCUT2D eigenvalue weighted by Crippen LogP contribution is -2.24. The summed E-state index contributed by atoms with van der Waals surface area (Å²) in [7, 11) is 0. The number of alkyl halides is 3. The molecule has 0 fully saturated rings. The number of benzene rings is 2. The SMILES string of the molecule is O=C(NCc1cccc(OCC(F)(F)F)c1)c1ccc(F)cc1F. The predicted octanol–water partition coefficient (Wildman–Crippen LogP) is 3.84. The van der Waals surface area contributed by atoms with Gasteiger partial charge in [-0.25, -0.2) is 8.78 Å². The molecule has 0 heterocycles. The maximum absolute atomic E-state index is 13.5. The molecule has 24 heavy (non-hydrogen) atoms. The minimum Gasteiger partial charge on any atom is -0.484 e. The summed E-state index contributed by atoms with van der Waals surface area (Å²) < 4.78 is 67.2. The average Bonchev–Trinajstić information content (AvgIpc) is 2.50. The summed E-state index contributed by atoms with van der Waals surface area (Å²) in [5.41, 5.74) is 0.131. The quantitative estimate of drug-likeness (QED) is 0.837. The minimum absolute atomic E-state index is 0.00737. The summed E-state index contributed by atoms with van der Waals surface area (Å²) in [5.74, 6) is -2.59. The Morgan fingerprint density at radius 1 is 1.08 bits per heavy atom.